The van der Waals surface area contributed by atoms with Crippen LogP contribution in [0.3, 0.4) is 0 Å². The monoisotopic (exact) mass is 326 g/mol. The Morgan fingerprint density at radius 3 is 2.22 bits per heavy atom. The smallest absolute Gasteiger partial charge is 0.0706 e. The second kappa shape index (κ2) is 7.21. The zero-order valence-corrected chi connectivity index (χ0v) is 17.0. The highest BCUT2D eigenvalue weighted by Gasteiger charge is 2.43. The van der Waals surface area contributed by atoms with Crippen molar-refractivity contribution in [2.75, 3.05) is 0 Å². The first-order valence-electron chi connectivity index (χ1n) is 9.15. The van der Waals surface area contributed by atoms with Crippen LogP contribution < -0.4 is 0 Å². The predicted octanol–water partition coefficient (Wildman–Crippen LogP) is 7.36. The van der Waals surface area contributed by atoms with Crippen molar-refractivity contribution >= 4 is 8.07 Å². The van der Waals surface area contributed by atoms with Crippen LogP contribution in [-0.2, 0) is 0 Å². The minimum absolute atomic E-state index is 0.686. The molecule has 1 atom stereocenters. The third-order valence-electron chi connectivity index (χ3n) is 6.25. The first kappa shape index (κ1) is 18.3. The summed E-state index contributed by atoms with van der Waals surface area (Å²) in [5, 5.41) is 0. The zero-order chi connectivity index (χ0) is 17.2. The fourth-order valence-corrected chi connectivity index (χ4v) is 8.76. The molecule has 0 saturated carbocycles. The molecule has 0 N–H and O–H groups in total. The Hall–Kier alpha value is -1.08. The fourth-order valence-electron chi connectivity index (χ4n) is 4.47. The Kier molecular flexibility index (Phi) is 5.73. The summed E-state index contributed by atoms with van der Waals surface area (Å²) < 4.78 is 0. The van der Waals surface area contributed by atoms with E-state index in [9.17, 15) is 0 Å². The molecule has 0 aromatic rings. The van der Waals surface area contributed by atoms with E-state index in [1.165, 1.54) is 19.3 Å². The lowest BCUT2D eigenvalue weighted by atomic mass is 10.1. The molecule has 23 heavy (non-hydrogen) atoms. The summed E-state index contributed by atoms with van der Waals surface area (Å²) >= 11 is 0. The van der Waals surface area contributed by atoms with Gasteiger partial charge in [-0.05, 0) is 75.6 Å². The highest BCUT2D eigenvalue weighted by Crippen LogP contribution is 2.51. The lowest BCUT2D eigenvalue weighted by Crippen LogP contribution is -2.37. The molecule has 1 unspecified atom stereocenters. The minimum atomic E-state index is -1.44. The SMILES string of the molecule is C=CCCCCC1=CC([Si](C)(C)C2C(C)=C(C)C(C)=C2C)C=C1. The molecule has 2 aliphatic rings. The van der Waals surface area contributed by atoms with Gasteiger partial charge in [0, 0.05) is 0 Å². The molecule has 0 spiro atoms. The largest absolute Gasteiger partial charge is 0.103 e. The quantitative estimate of drug-likeness (QED) is 0.260. The second-order valence-electron chi connectivity index (χ2n) is 8.03. The molecule has 1 heteroatoms. The molecule has 0 nitrogen and oxygen atoms in total. The molecule has 0 aromatic carbocycles. The van der Waals surface area contributed by atoms with Gasteiger partial charge in [0.1, 0.15) is 0 Å². The first-order valence-corrected chi connectivity index (χ1v) is 12.3. The van der Waals surface area contributed by atoms with Gasteiger partial charge >= 0.3 is 0 Å². The summed E-state index contributed by atoms with van der Waals surface area (Å²) in [6, 6.07) is 0. The Bertz CT molecular complexity index is 571. The van der Waals surface area contributed by atoms with E-state index in [-0.39, 0.29) is 0 Å². The Morgan fingerprint density at radius 1 is 1.04 bits per heavy atom. The van der Waals surface area contributed by atoms with Crippen molar-refractivity contribution in [3.8, 4) is 0 Å². The Balaban J connectivity index is 2.11. The number of allylic oxidation sites excluding steroid dienone is 9. The first-order chi connectivity index (χ1) is 10.8. The molecule has 0 aromatic heterocycles. The van der Waals surface area contributed by atoms with Crippen molar-refractivity contribution in [3.63, 3.8) is 0 Å². The average Bonchev–Trinajstić information content (AvgIpc) is 3.05. The maximum Gasteiger partial charge on any atom is 0.0706 e. The molecule has 0 radical (unpaired) electrons. The van der Waals surface area contributed by atoms with Crippen LogP contribution in [0.5, 0.6) is 0 Å². The van der Waals surface area contributed by atoms with Gasteiger partial charge in [0.2, 0.25) is 0 Å². The minimum Gasteiger partial charge on any atom is -0.103 e. The van der Waals surface area contributed by atoms with Gasteiger partial charge in [-0.25, -0.2) is 0 Å². The number of hydrogen-bond donors (Lipinski definition) is 0. The van der Waals surface area contributed by atoms with Gasteiger partial charge in [-0.3, -0.25) is 0 Å². The lowest BCUT2D eigenvalue weighted by molar-refractivity contribution is 0.751. The molecule has 2 aliphatic carbocycles. The maximum absolute atomic E-state index is 3.81. The normalized spacial score (nSPS) is 22.3. The summed E-state index contributed by atoms with van der Waals surface area (Å²) in [6.07, 6.45) is 14.5. The van der Waals surface area contributed by atoms with Crippen molar-refractivity contribution < 1.29 is 0 Å². The van der Waals surface area contributed by atoms with E-state index in [1.54, 1.807) is 27.9 Å². The molecule has 0 amide bonds. The van der Waals surface area contributed by atoms with Gasteiger partial charge in [0.05, 0.1) is 8.07 Å². The van der Waals surface area contributed by atoms with E-state index in [2.05, 4.69) is 65.6 Å². The van der Waals surface area contributed by atoms with Gasteiger partial charge in [-0.1, -0.05) is 54.1 Å². The third-order valence-corrected chi connectivity index (χ3v) is 10.7. The van der Waals surface area contributed by atoms with Crippen LogP contribution in [0.25, 0.3) is 0 Å². The summed E-state index contributed by atoms with van der Waals surface area (Å²) in [6.45, 7) is 18.3. The van der Waals surface area contributed by atoms with Crippen molar-refractivity contribution in [2.45, 2.75) is 77.6 Å². The molecular weight excluding hydrogens is 292 g/mol. The topological polar surface area (TPSA) is 0 Å². The predicted molar refractivity (Wildman–Crippen MR) is 108 cm³/mol. The van der Waals surface area contributed by atoms with Crippen molar-refractivity contribution in [1.29, 1.82) is 0 Å². The number of hydrogen-bond acceptors (Lipinski definition) is 0. The standard InChI is InChI=1S/C22H34Si/c1-8-9-10-11-12-20-13-14-21(15-20)23(6,7)22-18(4)16(2)17(3)19(22)5/h8,13-15,21-22H,1,9-12H2,2-7H3. The molecule has 0 saturated heterocycles. The van der Waals surface area contributed by atoms with Gasteiger partial charge in [0.25, 0.3) is 0 Å². The van der Waals surface area contributed by atoms with Gasteiger partial charge in [0.15, 0.2) is 0 Å². The highest BCUT2D eigenvalue weighted by molar-refractivity contribution is 6.82. The molecule has 0 bridgehead atoms. The van der Waals surface area contributed by atoms with Crippen LogP contribution >= 0.6 is 0 Å². The van der Waals surface area contributed by atoms with Crippen LogP contribution in [0.15, 0.2) is 58.7 Å². The van der Waals surface area contributed by atoms with E-state index >= 15 is 0 Å². The summed E-state index contributed by atoms with van der Waals surface area (Å²) in [5.41, 5.74) is 9.33. The Labute approximate surface area is 144 Å². The van der Waals surface area contributed by atoms with Crippen LogP contribution in [0, 0.1) is 0 Å². The number of rotatable bonds is 7. The van der Waals surface area contributed by atoms with Gasteiger partial charge in [-0.15, -0.1) is 6.58 Å². The van der Waals surface area contributed by atoms with E-state index in [1.807, 2.05) is 6.08 Å². The molecular formula is C22H34Si. The number of unbranched alkanes of at least 4 members (excludes halogenated alkanes) is 2. The summed E-state index contributed by atoms with van der Waals surface area (Å²) in [7, 11) is -1.44. The van der Waals surface area contributed by atoms with Crippen molar-refractivity contribution in [3.05, 3.63) is 58.7 Å². The van der Waals surface area contributed by atoms with Crippen LogP contribution in [0.1, 0.15) is 53.4 Å². The lowest BCUT2D eigenvalue weighted by Gasteiger charge is -2.36. The second-order valence-corrected chi connectivity index (χ2v) is 12.9. The Morgan fingerprint density at radius 2 is 1.65 bits per heavy atom. The molecule has 0 heterocycles. The van der Waals surface area contributed by atoms with Crippen LogP contribution in [-0.4, -0.2) is 8.07 Å². The summed E-state index contributed by atoms with van der Waals surface area (Å²) in [5.74, 6) is 0. The van der Waals surface area contributed by atoms with Gasteiger partial charge < -0.3 is 0 Å². The molecule has 0 fully saturated rings. The highest BCUT2D eigenvalue weighted by atomic mass is 28.3. The summed E-state index contributed by atoms with van der Waals surface area (Å²) in [4.78, 5) is 0. The molecule has 0 aliphatic heterocycles. The van der Waals surface area contributed by atoms with Gasteiger partial charge in [-0.2, -0.15) is 0 Å². The van der Waals surface area contributed by atoms with Crippen LogP contribution in [0.2, 0.25) is 24.2 Å². The molecule has 126 valence electrons. The molecule has 2 rings (SSSR count). The van der Waals surface area contributed by atoms with Crippen molar-refractivity contribution in [2.24, 2.45) is 0 Å². The van der Waals surface area contributed by atoms with Crippen LogP contribution in [0.4, 0.5) is 0 Å². The zero-order valence-electron chi connectivity index (χ0n) is 16.0. The third kappa shape index (κ3) is 3.55. The van der Waals surface area contributed by atoms with Crippen molar-refractivity contribution in [1.82, 2.24) is 0 Å². The van der Waals surface area contributed by atoms with E-state index < -0.39 is 8.07 Å². The fraction of sp³-hybridized carbons (Fsp3) is 0.545. The van der Waals surface area contributed by atoms with E-state index in [0.717, 1.165) is 6.42 Å². The van der Waals surface area contributed by atoms with E-state index in [0.29, 0.717) is 11.1 Å². The maximum atomic E-state index is 3.81. The van der Waals surface area contributed by atoms with E-state index in [4.69, 9.17) is 0 Å². The average molecular weight is 327 g/mol.